The molecule has 1 unspecified atom stereocenters. The number of alkyl halides is 3. The van der Waals surface area contributed by atoms with Crippen LogP contribution in [0.25, 0.3) is 0 Å². The van der Waals surface area contributed by atoms with Gasteiger partial charge in [-0.25, -0.2) is 0 Å². The average Bonchev–Trinajstić information content (AvgIpc) is 2.54. The van der Waals surface area contributed by atoms with E-state index >= 15 is 0 Å². The Morgan fingerprint density at radius 3 is 2.38 bits per heavy atom. The van der Waals surface area contributed by atoms with E-state index in [1.807, 2.05) is 4.90 Å². The summed E-state index contributed by atoms with van der Waals surface area (Å²) in [4.78, 5) is 15.8. The molecule has 150 valence electrons. The van der Waals surface area contributed by atoms with Gasteiger partial charge in [0.05, 0.1) is 12.2 Å². The summed E-state index contributed by atoms with van der Waals surface area (Å²) in [6.07, 6.45) is -4.33. The predicted molar refractivity (Wildman–Crippen MR) is 97.6 cm³/mol. The quantitative estimate of drug-likeness (QED) is 0.797. The maximum absolute atomic E-state index is 12.7. The van der Waals surface area contributed by atoms with Gasteiger partial charge < -0.3 is 15.4 Å². The molecule has 1 amide bonds. The number of methoxy groups -OCH3 is 1. The van der Waals surface area contributed by atoms with Crippen molar-refractivity contribution in [3.05, 3.63) is 35.4 Å². The number of nitrogens with two attached hydrogens (primary N) is 1. The molecule has 1 aromatic carbocycles. The van der Waals surface area contributed by atoms with Crippen molar-refractivity contribution in [2.45, 2.75) is 18.8 Å². The van der Waals surface area contributed by atoms with Gasteiger partial charge in [-0.05, 0) is 11.6 Å². The van der Waals surface area contributed by atoms with E-state index in [2.05, 4.69) is 0 Å². The Hall–Kier alpha value is -1.06. The number of benzene rings is 1. The molecule has 1 heterocycles. The predicted octanol–water partition coefficient (Wildman–Crippen LogP) is 2.17. The summed E-state index contributed by atoms with van der Waals surface area (Å²) in [6, 6.07) is 4.66. The lowest BCUT2D eigenvalue weighted by atomic mass is 10.1. The molecule has 1 aliphatic heterocycles. The number of carbonyl (C=O) groups excluding carboxylic acids is 1. The molecule has 0 radical (unpaired) electrons. The molecule has 1 atom stereocenters. The third-order valence-corrected chi connectivity index (χ3v) is 4.01. The van der Waals surface area contributed by atoms with Crippen molar-refractivity contribution in [2.24, 2.45) is 5.73 Å². The van der Waals surface area contributed by atoms with Crippen LogP contribution in [0.5, 0.6) is 0 Å². The highest BCUT2D eigenvalue weighted by Crippen LogP contribution is 2.29. The molecular formula is C16H24Cl2F3N3O2. The molecule has 0 aliphatic carbocycles. The second-order valence-corrected chi connectivity index (χ2v) is 5.86. The van der Waals surface area contributed by atoms with Crippen LogP contribution in [0.1, 0.15) is 11.1 Å². The first-order chi connectivity index (χ1) is 11.3. The Morgan fingerprint density at radius 2 is 1.85 bits per heavy atom. The molecular weight excluding hydrogens is 394 g/mol. The van der Waals surface area contributed by atoms with E-state index in [4.69, 9.17) is 10.5 Å². The first-order valence-corrected chi connectivity index (χ1v) is 7.73. The van der Waals surface area contributed by atoms with Crippen molar-refractivity contribution in [1.82, 2.24) is 9.80 Å². The summed E-state index contributed by atoms with van der Waals surface area (Å²) >= 11 is 0. The van der Waals surface area contributed by atoms with Gasteiger partial charge >= 0.3 is 6.18 Å². The van der Waals surface area contributed by atoms with Crippen molar-refractivity contribution in [3.63, 3.8) is 0 Å². The van der Waals surface area contributed by atoms with Crippen LogP contribution in [-0.4, -0.2) is 61.6 Å². The normalized spacial score (nSPS) is 16.4. The number of amides is 1. The number of ether oxygens (including phenoxy) is 1. The molecule has 0 bridgehead atoms. The van der Waals surface area contributed by atoms with Crippen LogP contribution in [0.15, 0.2) is 24.3 Å². The number of piperazine rings is 1. The standard InChI is InChI=1S/C16H22F3N3O2.2ClH/c1-24-11-14(20)15(23)22-7-5-21(6-8-22)10-12-3-2-4-13(9-12)16(17,18)19;;/h2-4,9,14H,5-8,10-11,20H2,1H3;2*1H. The second-order valence-electron chi connectivity index (χ2n) is 5.86. The van der Waals surface area contributed by atoms with Crippen LogP contribution in [0.3, 0.4) is 0 Å². The fourth-order valence-electron chi connectivity index (χ4n) is 2.72. The van der Waals surface area contributed by atoms with Gasteiger partial charge in [0.15, 0.2) is 0 Å². The van der Waals surface area contributed by atoms with Crippen molar-refractivity contribution in [1.29, 1.82) is 0 Å². The average molecular weight is 418 g/mol. The Bertz CT molecular complexity index is 568. The van der Waals surface area contributed by atoms with Gasteiger partial charge in [0, 0.05) is 39.8 Å². The number of carbonyl (C=O) groups is 1. The minimum Gasteiger partial charge on any atom is -0.383 e. The van der Waals surface area contributed by atoms with Crippen LogP contribution < -0.4 is 5.73 Å². The minimum absolute atomic E-state index is 0. The maximum Gasteiger partial charge on any atom is 0.416 e. The largest absolute Gasteiger partial charge is 0.416 e. The van der Waals surface area contributed by atoms with E-state index in [1.54, 1.807) is 11.0 Å². The first-order valence-electron chi connectivity index (χ1n) is 7.73. The van der Waals surface area contributed by atoms with Gasteiger partial charge in [-0.15, -0.1) is 24.8 Å². The number of hydrogen-bond acceptors (Lipinski definition) is 4. The van der Waals surface area contributed by atoms with E-state index < -0.39 is 17.8 Å². The smallest absolute Gasteiger partial charge is 0.383 e. The number of nitrogens with zero attached hydrogens (tertiary/aromatic N) is 2. The Morgan fingerprint density at radius 1 is 1.23 bits per heavy atom. The molecule has 0 saturated carbocycles. The van der Waals surface area contributed by atoms with E-state index in [0.717, 1.165) is 6.07 Å². The van der Waals surface area contributed by atoms with Gasteiger partial charge in [-0.3, -0.25) is 9.69 Å². The van der Waals surface area contributed by atoms with Crippen molar-refractivity contribution >= 4 is 30.7 Å². The third kappa shape index (κ3) is 6.92. The lowest BCUT2D eigenvalue weighted by molar-refractivity contribution is -0.138. The molecule has 1 saturated heterocycles. The van der Waals surface area contributed by atoms with Crippen LogP contribution >= 0.6 is 24.8 Å². The topological polar surface area (TPSA) is 58.8 Å². The summed E-state index contributed by atoms with van der Waals surface area (Å²) in [5.41, 5.74) is 5.71. The SMILES string of the molecule is COCC(N)C(=O)N1CCN(Cc2cccc(C(F)(F)F)c2)CC1.Cl.Cl. The highest BCUT2D eigenvalue weighted by atomic mass is 35.5. The molecule has 1 aliphatic rings. The van der Waals surface area contributed by atoms with Crippen LogP contribution in [0.4, 0.5) is 13.2 Å². The van der Waals surface area contributed by atoms with Crippen LogP contribution in [0, 0.1) is 0 Å². The number of rotatable bonds is 5. The number of halogens is 5. The Labute approximate surface area is 163 Å². The molecule has 2 rings (SSSR count). The molecule has 5 nitrogen and oxygen atoms in total. The molecule has 1 fully saturated rings. The van der Waals surface area contributed by atoms with E-state index in [1.165, 1.54) is 19.2 Å². The van der Waals surface area contributed by atoms with Crippen LogP contribution in [0.2, 0.25) is 0 Å². The van der Waals surface area contributed by atoms with Crippen molar-refractivity contribution < 1.29 is 22.7 Å². The molecule has 2 N–H and O–H groups in total. The number of hydrogen-bond donors (Lipinski definition) is 1. The fourth-order valence-corrected chi connectivity index (χ4v) is 2.72. The highest BCUT2D eigenvalue weighted by molar-refractivity contribution is 5.85. The summed E-state index contributed by atoms with van der Waals surface area (Å²) in [6.45, 7) is 2.81. The van der Waals surface area contributed by atoms with Gasteiger partial charge in [0.2, 0.25) is 5.91 Å². The van der Waals surface area contributed by atoms with Crippen molar-refractivity contribution in [2.75, 3.05) is 39.9 Å². The van der Waals surface area contributed by atoms with Gasteiger partial charge in [-0.2, -0.15) is 13.2 Å². The molecule has 0 spiro atoms. The van der Waals surface area contributed by atoms with E-state index in [0.29, 0.717) is 38.3 Å². The van der Waals surface area contributed by atoms with E-state index in [9.17, 15) is 18.0 Å². The molecule has 26 heavy (non-hydrogen) atoms. The van der Waals surface area contributed by atoms with Crippen molar-refractivity contribution in [3.8, 4) is 0 Å². The lowest BCUT2D eigenvalue weighted by Crippen LogP contribution is -2.53. The third-order valence-electron chi connectivity index (χ3n) is 4.01. The van der Waals surface area contributed by atoms with Gasteiger partial charge in [-0.1, -0.05) is 18.2 Å². The van der Waals surface area contributed by atoms with Gasteiger partial charge in [0.25, 0.3) is 0 Å². The Kier molecular flexibility index (Phi) is 10.5. The molecule has 0 aromatic heterocycles. The maximum atomic E-state index is 12.7. The summed E-state index contributed by atoms with van der Waals surface area (Å²) in [5.74, 6) is -0.157. The van der Waals surface area contributed by atoms with Gasteiger partial charge in [0.1, 0.15) is 6.04 Å². The zero-order valence-corrected chi connectivity index (χ0v) is 16.0. The summed E-state index contributed by atoms with van der Waals surface area (Å²) in [5, 5.41) is 0. The fraction of sp³-hybridized carbons (Fsp3) is 0.562. The molecule has 1 aromatic rings. The second kappa shape index (κ2) is 10.9. The van der Waals surface area contributed by atoms with Crippen LogP contribution in [-0.2, 0) is 22.3 Å². The Balaban J connectivity index is 0.00000312. The zero-order valence-electron chi connectivity index (χ0n) is 14.4. The minimum atomic E-state index is -4.33. The monoisotopic (exact) mass is 417 g/mol. The summed E-state index contributed by atoms with van der Waals surface area (Å²) < 4.78 is 43.1. The first kappa shape index (κ1) is 24.9. The molecule has 10 heteroatoms. The highest BCUT2D eigenvalue weighted by Gasteiger charge is 2.30. The summed E-state index contributed by atoms with van der Waals surface area (Å²) in [7, 11) is 1.49. The lowest BCUT2D eigenvalue weighted by Gasteiger charge is -2.35. The zero-order chi connectivity index (χ0) is 17.7. The van der Waals surface area contributed by atoms with E-state index in [-0.39, 0.29) is 37.3 Å².